The first kappa shape index (κ1) is 46.8. The molecule has 1 aliphatic heterocycles. The minimum absolute atomic E-state index is 0.00788. The lowest BCUT2D eigenvalue weighted by Gasteiger charge is -2.39. The van der Waals surface area contributed by atoms with E-state index in [1.165, 1.54) is 9.80 Å². The van der Waals surface area contributed by atoms with E-state index in [0.717, 1.165) is 61.2 Å². The van der Waals surface area contributed by atoms with Crippen LogP contribution in [0.5, 0.6) is 11.5 Å². The Hall–Kier alpha value is -7.93. The van der Waals surface area contributed by atoms with Crippen molar-refractivity contribution < 1.29 is 43.2 Å². The van der Waals surface area contributed by atoms with Gasteiger partial charge in [0.25, 0.3) is 0 Å². The largest absolute Gasteiger partial charge is 0.497 e. The maximum Gasteiger partial charge on any atom is 0.410 e. The zero-order chi connectivity index (χ0) is 48.9. The molecule has 0 aromatic heterocycles. The zero-order valence-electron chi connectivity index (χ0n) is 39.6. The number of nitrogens with zero attached hydrogens (tertiary/aromatic N) is 2. The molecule has 0 radical (unpaired) electrons. The van der Waals surface area contributed by atoms with Gasteiger partial charge in [-0.3, -0.25) is 9.69 Å². The molecule has 3 amide bonds. The van der Waals surface area contributed by atoms with Crippen molar-refractivity contribution in [1.82, 2.24) is 15.1 Å². The predicted octanol–water partition coefficient (Wildman–Crippen LogP) is 9.37. The summed E-state index contributed by atoms with van der Waals surface area (Å²) in [7, 11) is 3.21. The van der Waals surface area contributed by atoms with Crippen LogP contribution in [0.2, 0.25) is 0 Å². The van der Waals surface area contributed by atoms with Crippen LogP contribution in [0.4, 0.5) is 9.59 Å². The first-order valence-electron chi connectivity index (χ1n) is 23.9. The van der Waals surface area contributed by atoms with E-state index in [4.69, 9.17) is 23.7 Å². The average Bonchev–Trinajstić information content (AvgIpc) is 3.93. The van der Waals surface area contributed by atoms with E-state index >= 15 is 0 Å². The highest BCUT2D eigenvalue weighted by Crippen LogP contribution is 2.46. The van der Waals surface area contributed by atoms with Crippen LogP contribution in [0, 0.1) is 0 Å². The van der Waals surface area contributed by atoms with Gasteiger partial charge in [-0.25, -0.2) is 9.59 Å². The van der Waals surface area contributed by atoms with Gasteiger partial charge >= 0.3 is 12.2 Å². The van der Waals surface area contributed by atoms with E-state index in [1.54, 1.807) is 14.2 Å². The number of carbonyl (C=O) groups excluding carboxylic acids is 3. The minimum atomic E-state index is -1.21. The third-order valence-corrected chi connectivity index (χ3v) is 14.0. The van der Waals surface area contributed by atoms with Crippen molar-refractivity contribution in [1.29, 1.82) is 0 Å². The summed E-state index contributed by atoms with van der Waals surface area (Å²) in [5, 5.41) is 14.6. The second-order valence-corrected chi connectivity index (χ2v) is 18.0. The fourth-order valence-corrected chi connectivity index (χ4v) is 10.4. The SMILES string of the molecule is COc1ccc(C(OCC(O)CNC(=O)C2CN(C(=O)OCC3c4ccccc4-c4ccccc43)CCN2C(=O)OCC2c3ccccc3-c3ccccc32)(c2ccccc2)c2ccc(OC)cc2)cc1. The van der Waals surface area contributed by atoms with E-state index in [-0.39, 0.29) is 57.8 Å². The number of fused-ring (bicyclic) bond motifs is 6. The Morgan fingerprint density at radius 1 is 0.563 bits per heavy atom. The molecule has 1 saturated heterocycles. The number of hydrogen-bond acceptors (Lipinski definition) is 9. The molecule has 360 valence electrons. The van der Waals surface area contributed by atoms with E-state index in [1.807, 2.05) is 140 Å². The van der Waals surface area contributed by atoms with Crippen LogP contribution in [0.1, 0.15) is 50.8 Å². The average molecular weight is 950 g/mol. The summed E-state index contributed by atoms with van der Waals surface area (Å²) < 4.78 is 30.0. The normalized spacial score (nSPS) is 15.5. The van der Waals surface area contributed by atoms with E-state index in [2.05, 4.69) is 41.7 Å². The molecule has 12 nitrogen and oxygen atoms in total. The number of benzene rings is 7. The van der Waals surface area contributed by atoms with Crippen molar-refractivity contribution in [3.05, 3.63) is 215 Å². The van der Waals surface area contributed by atoms with Crippen LogP contribution >= 0.6 is 0 Å². The molecule has 0 bridgehead atoms. The molecule has 2 unspecified atom stereocenters. The Morgan fingerprint density at radius 3 is 1.45 bits per heavy atom. The van der Waals surface area contributed by atoms with E-state index in [0.29, 0.717) is 11.5 Å². The second-order valence-electron chi connectivity index (χ2n) is 18.0. The van der Waals surface area contributed by atoms with E-state index < -0.39 is 35.8 Å². The third kappa shape index (κ3) is 9.20. The summed E-state index contributed by atoms with van der Waals surface area (Å²) in [4.78, 5) is 45.5. The molecule has 0 spiro atoms. The number of hydrogen-bond donors (Lipinski definition) is 2. The Morgan fingerprint density at radius 2 is 0.986 bits per heavy atom. The van der Waals surface area contributed by atoms with Gasteiger partial charge in [-0.2, -0.15) is 0 Å². The van der Waals surface area contributed by atoms with Crippen LogP contribution in [0.25, 0.3) is 22.3 Å². The number of nitrogens with one attached hydrogen (secondary N) is 1. The monoisotopic (exact) mass is 949 g/mol. The lowest BCUT2D eigenvalue weighted by Crippen LogP contribution is -2.62. The highest BCUT2D eigenvalue weighted by molar-refractivity contribution is 5.87. The van der Waals surface area contributed by atoms with Crippen molar-refractivity contribution in [2.45, 2.75) is 29.6 Å². The fourth-order valence-electron chi connectivity index (χ4n) is 10.4. The van der Waals surface area contributed by atoms with E-state index in [9.17, 15) is 19.5 Å². The predicted molar refractivity (Wildman–Crippen MR) is 269 cm³/mol. The van der Waals surface area contributed by atoms with Gasteiger partial charge in [0.1, 0.15) is 36.4 Å². The molecule has 2 N–H and O–H groups in total. The summed E-state index contributed by atoms with van der Waals surface area (Å²) in [6.45, 7) is -0.330. The number of carbonyl (C=O) groups is 3. The highest BCUT2D eigenvalue weighted by Gasteiger charge is 2.42. The standard InChI is InChI=1S/C59H55N3O9/c1-67-43-28-24-40(25-29-43)59(39-14-4-3-5-15-39,41-26-30-44(68-2)31-27-41)71-36-42(63)34-60-56(64)55-35-61(57(65)69-37-53-49-20-10-6-16-45(49)46-17-7-11-21-50(46)53)32-33-62(55)58(66)70-38-54-51-22-12-8-18-47(51)48-19-9-13-23-52(48)54/h3-31,42,53-55,63H,32-38H2,1-2H3,(H,60,64). The lowest BCUT2D eigenvalue weighted by molar-refractivity contribution is -0.128. The van der Waals surface area contributed by atoms with Gasteiger partial charge in [0.15, 0.2) is 0 Å². The molecule has 10 rings (SSSR count). The van der Waals surface area contributed by atoms with Crippen LogP contribution in [-0.2, 0) is 24.6 Å². The molecule has 71 heavy (non-hydrogen) atoms. The summed E-state index contributed by atoms with van der Waals surface area (Å²) >= 11 is 0. The number of rotatable bonds is 15. The van der Waals surface area contributed by atoms with Gasteiger partial charge < -0.3 is 39.0 Å². The van der Waals surface area contributed by atoms with Crippen molar-refractivity contribution in [2.75, 3.05) is 60.2 Å². The smallest absolute Gasteiger partial charge is 0.410 e. The maximum absolute atomic E-state index is 14.5. The van der Waals surface area contributed by atoms with Crippen LogP contribution in [0.15, 0.2) is 176 Å². The minimum Gasteiger partial charge on any atom is -0.497 e. The molecular weight excluding hydrogens is 895 g/mol. The molecule has 1 fully saturated rings. The van der Waals surface area contributed by atoms with Gasteiger partial charge in [0.05, 0.1) is 33.5 Å². The molecule has 7 aromatic rings. The first-order valence-corrected chi connectivity index (χ1v) is 23.9. The van der Waals surface area contributed by atoms with Crippen molar-refractivity contribution in [3.63, 3.8) is 0 Å². The van der Waals surface area contributed by atoms with Crippen LogP contribution in [0.3, 0.4) is 0 Å². The number of aliphatic hydroxyl groups is 1. The molecule has 2 aliphatic carbocycles. The number of piperazine rings is 1. The number of amides is 3. The van der Waals surface area contributed by atoms with Gasteiger partial charge in [-0.1, -0.05) is 152 Å². The summed E-state index contributed by atoms with van der Waals surface area (Å²) in [5.41, 5.74) is 9.83. The lowest BCUT2D eigenvalue weighted by atomic mass is 9.80. The first-order chi connectivity index (χ1) is 34.8. The molecule has 3 aliphatic rings. The Balaban J connectivity index is 0.868. The van der Waals surface area contributed by atoms with Crippen molar-refractivity contribution >= 4 is 18.1 Å². The number of ether oxygens (including phenoxy) is 5. The van der Waals surface area contributed by atoms with Gasteiger partial charge in [-0.15, -0.1) is 0 Å². The Kier molecular flexibility index (Phi) is 13.6. The van der Waals surface area contributed by atoms with Gasteiger partial charge in [-0.05, 0) is 85.5 Å². The second kappa shape index (κ2) is 20.6. The maximum atomic E-state index is 14.5. The topological polar surface area (TPSA) is 136 Å². The molecular formula is C59H55N3O9. The third-order valence-electron chi connectivity index (χ3n) is 14.0. The van der Waals surface area contributed by atoms with Crippen LogP contribution < -0.4 is 14.8 Å². The molecule has 12 heteroatoms. The molecule has 1 heterocycles. The Bertz CT molecular complexity index is 2880. The molecule has 0 saturated carbocycles. The van der Waals surface area contributed by atoms with Crippen molar-refractivity contribution in [2.24, 2.45) is 0 Å². The van der Waals surface area contributed by atoms with Gasteiger partial charge in [0.2, 0.25) is 5.91 Å². The Labute approximate surface area is 413 Å². The summed E-state index contributed by atoms with van der Waals surface area (Å²) in [6, 6.07) is 56.0. The quantitative estimate of drug-likeness (QED) is 0.0965. The van der Waals surface area contributed by atoms with Gasteiger partial charge in [0, 0.05) is 31.5 Å². The number of aliphatic hydroxyl groups excluding tert-OH is 1. The van der Waals surface area contributed by atoms with Crippen LogP contribution in [-0.4, -0.2) is 105 Å². The highest BCUT2D eigenvalue weighted by atomic mass is 16.6. The fraction of sp³-hybridized carbons (Fsp3) is 0.237. The molecule has 7 aromatic carbocycles. The zero-order valence-corrected chi connectivity index (χ0v) is 39.6. The van der Waals surface area contributed by atoms with Crippen molar-refractivity contribution in [3.8, 4) is 33.8 Å². The summed E-state index contributed by atoms with van der Waals surface area (Å²) in [6.07, 6.45) is -2.49. The summed E-state index contributed by atoms with van der Waals surface area (Å²) in [5.74, 6) is 0.398. The number of methoxy groups -OCH3 is 2. The molecule has 2 atom stereocenters.